The Bertz CT molecular complexity index is 391. The smallest absolute Gasteiger partial charge is 0.338 e. The van der Waals surface area contributed by atoms with Crippen molar-refractivity contribution in [3.8, 4) is 5.75 Å². The summed E-state index contributed by atoms with van der Waals surface area (Å²) in [6.45, 7) is 2.65. The molecule has 3 nitrogen and oxygen atoms in total. The van der Waals surface area contributed by atoms with Crippen LogP contribution in [-0.4, -0.2) is 17.7 Å². The fourth-order valence-corrected chi connectivity index (χ4v) is 2.10. The third-order valence-corrected chi connectivity index (χ3v) is 3.53. The van der Waals surface area contributed by atoms with Gasteiger partial charge in [-0.15, -0.1) is 0 Å². The van der Waals surface area contributed by atoms with E-state index in [-0.39, 0.29) is 11.7 Å². The first kappa shape index (κ1) is 15.3. The van der Waals surface area contributed by atoms with Crippen molar-refractivity contribution < 1.29 is 14.6 Å². The second-order valence-corrected chi connectivity index (χ2v) is 5.38. The van der Waals surface area contributed by atoms with Crippen LogP contribution in [0.5, 0.6) is 5.75 Å². The van der Waals surface area contributed by atoms with E-state index in [2.05, 4.69) is 6.92 Å². The van der Waals surface area contributed by atoms with E-state index in [0.29, 0.717) is 15.7 Å². The van der Waals surface area contributed by atoms with Gasteiger partial charge in [-0.2, -0.15) is 0 Å². The van der Waals surface area contributed by atoms with Crippen molar-refractivity contribution in [1.82, 2.24) is 0 Å². The third-order valence-electron chi connectivity index (χ3n) is 2.66. The molecule has 18 heavy (non-hydrogen) atoms. The van der Waals surface area contributed by atoms with Crippen LogP contribution in [0.15, 0.2) is 18.2 Å². The van der Waals surface area contributed by atoms with Gasteiger partial charge in [-0.1, -0.05) is 32.6 Å². The number of phenolic OH excluding ortho intramolecular Hbond substituents is 1. The zero-order chi connectivity index (χ0) is 13.4. The Balaban J connectivity index is 2.30. The highest BCUT2D eigenvalue weighted by atomic mass is 127. The number of hydrogen-bond donors (Lipinski definition) is 1. The van der Waals surface area contributed by atoms with Crippen molar-refractivity contribution in [2.24, 2.45) is 0 Å². The van der Waals surface area contributed by atoms with Gasteiger partial charge in [0.1, 0.15) is 5.75 Å². The molecule has 0 saturated heterocycles. The molecule has 0 radical (unpaired) electrons. The van der Waals surface area contributed by atoms with Gasteiger partial charge in [0.25, 0.3) is 0 Å². The van der Waals surface area contributed by atoms with E-state index in [9.17, 15) is 9.90 Å². The lowest BCUT2D eigenvalue weighted by atomic mass is 10.2. The minimum absolute atomic E-state index is 0.187. The molecule has 4 heteroatoms. The minimum Gasteiger partial charge on any atom is -0.507 e. The highest BCUT2D eigenvalue weighted by Gasteiger charge is 2.08. The summed E-state index contributed by atoms with van der Waals surface area (Å²) in [6, 6.07) is 4.73. The summed E-state index contributed by atoms with van der Waals surface area (Å²) < 4.78 is 5.84. The maximum atomic E-state index is 11.7. The molecular formula is C14H19IO3. The van der Waals surface area contributed by atoms with Gasteiger partial charge in [-0.3, -0.25) is 0 Å². The molecule has 0 fully saturated rings. The minimum atomic E-state index is -0.316. The normalized spacial score (nSPS) is 10.3. The van der Waals surface area contributed by atoms with Gasteiger partial charge in [-0.05, 0) is 47.2 Å². The average molecular weight is 362 g/mol. The molecule has 0 spiro atoms. The number of phenols is 1. The van der Waals surface area contributed by atoms with Crippen LogP contribution in [0.3, 0.4) is 0 Å². The first-order valence-corrected chi connectivity index (χ1v) is 7.38. The SMILES string of the molecule is CCCCCCCOC(=O)c1ccc(O)c(I)c1. The first-order chi connectivity index (χ1) is 8.65. The topological polar surface area (TPSA) is 46.5 Å². The second kappa shape index (κ2) is 8.34. The molecule has 0 aromatic heterocycles. The summed E-state index contributed by atoms with van der Waals surface area (Å²) in [5, 5.41) is 9.36. The quantitative estimate of drug-likeness (QED) is 0.451. The zero-order valence-corrected chi connectivity index (χ0v) is 12.8. The number of halogens is 1. The van der Waals surface area contributed by atoms with Gasteiger partial charge in [0.15, 0.2) is 0 Å². The van der Waals surface area contributed by atoms with Crippen molar-refractivity contribution in [3.63, 3.8) is 0 Å². The Kier molecular flexibility index (Phi) is 7.08. The Labute approximate surface area is 122 Å². The average Bonchev–Trinajstić information content (AvgIpc) is 2.36. The monoisotopic (exact) mass is 362 g/mol. The molecule has 1 aromatic carbocycles. The van der Waals surface area contributed by atoms with E-state index in [1.807, 2.05) is 22.6 Å². The van der Waals surface area contributed by atoms with Crippen LogP contribution < -0.4 is 0 Å². The van der Waals surface area contributed by atoms with Crippen LogP contribution >= 0.6 is 22.6 Å². The lowest BCUT2D eigenvalue weighted by Gasteiger charge is -2.05. The van der Waals surface area contributed by atoms with Crippen molar-refractivity contribution in [3.05, 3.63) is 27.3 Å². The Hall–Kier alpha value is -0.780. The molecule has 0 amide bonds. The fourth-order valence-electron chi connectivity index (χ4n) is 1.59. The van der Waals surface area contributed by atoms with Crippen molar-refractivity contribution >= 4 is 28.6 Å². The number of unbranched alkanes of at least 4 members (excludes halogenated alkanes) is 4. The molecule has 1 aromatic rings. The molecule has 0 aliphatic carbocycles. The van der Waals surface area contributed by atoms with Crippen LogP contribution in [0, 0.1) is 3.57 Å². The molecular weight excluding hydrogens is 343 g/mol. The van der Waals surface area contributed by atoms with E-state index >= 15 is 0 Å². The van der Waals surface area contributed by atoms with E-state index in [1.54, 1.807) is 12.1 Å². The Morgan fingerprint density at radius 1 is 1.28 bits per heavy atom. The van der Waals surface area contributed by atoms with Crippen LogP contribution in [-0.2, 0) is 4.74 Å². The number of carbonyl (C=O) groups excluding carboxylic acids is 1. The molecule has 100 valence electrons. The van der Waals surface area contributed by atoms with Gasteiger partial charge in [0.2, 0.25) is 0 Å². The van der Waals surface area contributed by atoms with Crippen LogP contribution in [0.4, 0.5) is 0 Å². The summed E-state index contributed by atoms with van der Waals surface area (Å²) in [5.74, 6) is -0.130. The van der Waals surface area contributed by atoms with Crippen molar-refractivity contribution in [2.45, 2.75) is 39.0 Å². The standard InChI is InChI=1S/C14H19IO3/c1-2-3-4-5-6-9-18-14(17)11-7-8-13(16)12(15)10-11/h7-8,10,16H,2-6,9H2,1H3. The molecule has 0 bridgehead atoms. The lowest BCUT2D eigenvalue weighted by Crippen LogP contribution is -2.06. The predicted octanol–water partition coefficient (Wildman–Crippen LogP) is 4.12. The molecule has 0 atom stereocenters. The summed E-state index contributed by atoms with van der Waals surface area (Å²) >= 11 is 1.99. The maximum Gasteiger partial charge on any atom is 0.338 e. The van der Waals surface area contributed by atoms with E-state index in [4.69, 9.17) is 4.74 Å². The molecule has 0 aliphatic rings. The highest BCUT2D eigenvalue weighted by molar-refractivity contribution is 14.1. The van der Waals surface area contributed by atoms with Gasteiger partial charge >= 0.3 is 5.97 Å². The maximum absolute atomic E-state index is 11.7. The van der Waals surface area contributed by atoms with Crippen molar-refractivity contribution in [2.75, 3.05) is 6.61 Å². The number of benzene rings is 1. The molecule has 0 unspecified atom stereocenters. The predicted molar refractivity (Wildman–Crippen MR) is 79.9 cm³/mol. The van der Waals surface area contributed by atoms with E-state index < -0.39 is 0 Å². The summed E-state index contributed by atoms with van der Waals surface area (Å²) in [4.78, 5) is 11.7. The highest BCUT2D eigenvalue weighted by Crippen LogP contribution is 2.20. The number of rotatable bonds is 7. The largest absolute Gasteiger partial charge is 0.507 e. The number of hydrogen-bond acceptors (Lipinski definition) is 3. The van der Waals surface area contributed by atoms with Gasteiger partial charge < -0.3 is 9.84 Å². The van der Waals surface area contributed by atoms with Gasteiger partial charge in [0.05, 0.1) is 15.7 Å². The molecule has 1 rings (SSSR count). The molecule has 0 saturated carbocycles. The van der Waals surface area contributed by atoms with Crippen molar-refractivity contribution in [1.29, 1.82) is 0 Å². The molecule has 0 heterocycles. The van der Waals surface area contributed by atoms with Crippen LogP contribution in [0.2, 0.25) is 0 Å². The van der Waals surface area contributed by atoms with Gasteiger partial charge in [0, 0.05) is 0 Å². The van der Waals surface area contributed by atoms with Gasteiger partial charge in [-0.25, -0.2) is 4.79 Å². The third kappa shape index (κ3) is 5.25. The summed E-state index contributed by atoms with van der Waals surface area (Å²) in [6.07, 6.45) is 5.68. The zero-order valence-electron chi connectivity index (χ0n) is 10.6. The molecule has 0 aliphatic heterocycles. The molecule has 1 N–H and O–H groups in total. The van der Waals surface area contributed by atoms with Crippen LogP contribution in [0.1, 0.15) is 49.4 Å². The number of ether oxygens (including phenoxy) is 1. The Morgan fingerprint density at radius 3 is 2.67 bits per heavy atom. The van der Waals surface area contributed by atoms with E-state index in [0.717, 1.165) is 12.8 Å². The Morgan fingerprint density at radius 2 is 2.00 bits per heavy atom. The lowest BCUT2D eigenvalue weighted by molar-refractivity contribution is 0.0497. The first-order valence-electron chi connectivity index (χ1n) is 6.30. The summed E-state index contributed by atoms with van der Waals surface area (Å²) in [5.41, 5.74) is 0.491. The number of aromatic hydroxyl groups is 1. The second-order valence-electron chi connectivity index (χ2n) is 4.22. The fraction of sp³-hybridized carbons (Fsp3) is 0.500. The summed E-state index contributed by atoms with van der Waals surface area (Å²) in [7, 11) is 0. The van der Waals surface area contributed by atoms with E-state index in [1.165, 1.54) is 25.3 Å². The number of esters is 1. The number of carbonyl (C=O) groups is 1. The van der Waals surface area contributed by atoms with Crippen LogP contribution in [0.25, 0.3) is 0 Å².